The lowest BCUT2D eigenvalue weighted by molar-refractivity contribution is -0.152. The number of nitrogens with zero attached hydrogens (tertiary/aromatic N) is 7. The molecular weight excluding hydrogens is 672 g/mol. The Balaban J connectivity index is 1.27. The molecule has 2 aromatic heterocycles. The molecule has 0 aliphatic carbocycles. The molecule has 1 aromatic carbocycles. The number of anilines is 1. The van der Waals surface area contributed by atoms with Gasteiger partial charge in [-0.05, 0) is 50.2 Å². The van der Waals surface area contributed by atoms with Gasteiger partial charge in [0.2, 0.25) is 5.91 Å². The van der Waals surface area contributed by atoms with Crippen molar-refractivity contribution in [2.24, 2.45) is 21.8 Å². The predicted octanol–water partition coefficient (Wildman–Crippen LogP) is -0.684. The quantitative estimate of drug-likeness (QED) is 0.0431. The average molecular weight is 705 g/mol. The zero-order chi connectivity index (χ0) is 34.4. The summed E-state index contributed by atoms with van der Waals surface area (Å²) in [5.41, 5.74) is 12.1. The van der Waals surface area contributed by atoms with E-state index in [0.29, 0.717) is 17.1 Å². The number of Topliss-reactive ketones (excluding diaryl/α,β-unsaturated/α-hetero) is 1. The maximum atomic E-state index is 13.5. The molecule has 7 N–H and O–H groups in total. The number of thiazole rings is 1. The number of β-lactam (4-membered cyclic amide) rings is 1. The summed E-state index contributed by atoms with van der Waals surface area (Å²) in [6, 6.07) is 5.52. The number of aliphatic imine (C=N–C) groups is 1. The van der Waals surface area contributed by atoms with Gasteiger partial charge in [-0.25, -0.2) is 19.1 Å². The number of ether oxygens (including phenoxy) is 1. The third-order valence-electron chi connectivity index (χ3n) is 7.55. The first-order valence-electron chi connectivity index (χ1n) is 14.5. The Morgan fingerprint density at radius 1 is 1.21 bits per heavy atom. The van der Waals surface area contributed by atoms with Crippen molar-refractivity contribution in [3.8, 4) is 5.75 Å². The van der Waals surface area contributed by atoms with E-state index in [-0.39, 0.29) is 27.7 Å². The van der Waals surface area contributed by atoms with E-state index in [1.54, 1.807) is 24.3 Å². The number of piperidine rings is 1. The molecule has 2 saturated heterocycles. The fourth-order valence-corrected chi connectivity index (χ4v) is 6.56. The fourth-order valence-electron chi connectivity index (χ4n) is 5.10. The zero-order valence-corrected chi connectivity index (χ0v) is 26.8. The van der Waals surface area contributed by atoms with Gasteiger partial charge in [0, 0.05) is 17.4 Å². The van der Waals surface area contributed by atoms with Crippen LogP contribution in [0.25, 0.3) is 0 Å². The minimum absolute atomic E-state index is 0.0573. The van der Waals surface area contributed by atoms with Crippen molar-refractivity contribution in [1.29, 1.82) is 0 Å². The van der Waals surface area contributed by atoms with E-state index in [9.17, 15) is 32.5 Å². The van der Waals surface area contributed by atoms with Crippen molar-refractivity contribution in [3.05, 3.63) is 53.6 Å². The molecule has 4 heterocycles. The van der Waals surface area contributed by atoms with Crippen LogP contribution in [-0.4, -0.2) is 109 Å². The van der Waals surface area contributed by atoms with Crippen LogP contribution in [0.5, 0.6) is 5.75 Å². The molecule has 48 heavy (non-hydrogen) atoms. The Labute approximate surface area is 277 Å². The van der Waals surface area contributed by atoms with Crippen molar-refractivity contribution >= 4 is 56.0 Å². The Bertz CT molecular complexity index is 1790. The van der Waals surface area contributed by atoms with E-state index in [1.165, 1.54) is 22.7 Å². The van der Waals surface area contributed by atoms with Gasteiger partial charge in [0.25, 0.3) is 6.10 Å². The number of nitrogen functional groups attached to an aromatic ring is 1. The largest absolute Gasteiger partial charge is 0.489 e. The van der Waals surface area contributed by atoms with Gasteiger partial charge in [-0.1, -0.05) is 5.16 Å². The van der Waals surface area contributed by atoms with Crippen molar-refractivity contribution < 1.29 is 42.0 Å². The molecule has 3 aromatic rings. The van der Waals surface area contributed by atoms with Gasteiger partial charge in [0.05, 0.1) is 24.5 Å². The first-order valence-corrected chi connectivity index (χ1v) is 16.8. The number of hydrogen-bond acceptors (Lipinski definition) is 15. The van der Waals surface area contributed by atoms with E-state index in [2.05, 4.69) is 30.5 Å². The molecule has 0 radical (unpaired) electrons. The van der Waals surface area contributed by atoms with E-state index in [1.807, 2.05) is 0 Å². The third kappa shape index (κ3) is 8.29. The molecule has 0 saturated carbocycles. The van der Waals surface area contributed by atoms with Gasteiger partial charge in [-0.3, -0.25) is 23.8 Å². The second-order valence-corrected chi connectivity index (χ2v) is 13.0. The number of nitrogens with two attached hydrogens (primary N) is 2. The molecule has 2 aliphatic rings. The molecule has 2 fully saturated rings. The topological polar surface area (TPSA) is 280 Å². The van der Waals surface area contributed by atoms with Crippen molar-refractivity contribution in [1.82, 2.24) is 29.4 Å². The summed E-state index contributed by atoms with van der Waals surface area (Å²) in [5, 5.41) is 22.1. The van der Waals surface area contributed by atoms with Crippen LogP contribution in [-0.2, 0) is 36.1 Å². The highest BCUT2D eigenvalue weighted by Gasteiger charge is 2.54. The van der Waals surface area contributed by atoms with Gasteiger partial charge in [-0.15, -0.1) is 11.3 Å². The highest BCUT2D eigenvalue weighted by atomic mass is 32.2. The molecular formula is C27H32N10O9S2. The summed E-state index contributed by atoms with van der Waals surface area (Å²) in [5.74, 6) is -3.85. The second-order valence-electron chi connectivity index (χ2n) is 10.8. The third-order valence-corrected chi connectivity index (χ3v) is 9.17. The van der Waals surface area contributed by atoms with Crippen molar-refractivity contribution in [2.75, 3.05) is 25.4 Å². The van der Waals surface area contributed by atoms with Gasteiger partial charge in [-0.2, -0.15) is 13.5 Å². The molecule has 0 unspecified atom stereocenters. The number of aromatic nitrogens is 4. The lowest BCUT2D eigenvalue weighted by Crippen LogP contribution is -2.64. The number of amides is 1. The van der Waals surface area contributed by atoms with Crippen LogP contribution in [0.2, 0.25) is 0 Å². The lowest BCUT2D eigenvalue weighted by atomic mass is 9.84. The van der Waals surface area contributed by atoms with E-state index in [4.69, 9.17) is 21.0 Å². The molecule has 0 bridgehead atoms. The number of nitrogens with one attached hydrogen (secondary N) is 1. The first-order chi connectivity index (χ1) is 22.9. The number of rotatable bonds is 15. The monoisotopic (exact) mass is 704 g/mol. The maximum Gasteiger partial charge on any atom is 0.362 e. The average Bonchev–Trinajstić information content (AvgIpc) is 3.73. The highest BCUT2D eigenvalue weighted by Crippen LogP contribution is 2.33. The first kappa shape index (κ1) is 34.3. The number of amidine groups is 1. The molecule has 1 amide bonds. The summed E-state index contributed by atoms with van der Waals surface area (Å²) >= 11 is 0.968. The number of aliphatic carboxylic acids is 1. The number of carboxylic acid groups (broad SMARTS) is 1. The van der Waals surface area contributed by atoms with E-state index >= 15 is 0 Å². The smallest absolute Gasteiger partial charge is 0.362 e. The number of carbonyl (C=O) groups is 3. The normalized spacial score (nSPS) is 19.9. The SMILES string of the molecule is NC(=NC1CCNCC1)c1ccc(OC[C@H](O/N=C(\C(=O)C[C@@H]2C(=O)N(S(=O)(=O)O)[C@@H]2Cn2cncn2)c2csc(N)n2)C(=O)O)cc1. The molecule has 21 heteroatoms. The number of oxime groups is 1. The Morgan fingerprint density at radius 2 is 1.94 bits per heavy atom. The molecule has 19 nitrogen and oxygen atoms in total. The van der Waals surface area contributed by atoms with E-state index in [0.717, 1.165) is 37.3 Å². The van der Waals surface area contributed by atoms with Crippen LogP contribution in [0.3, 0.4) is 0 Å². The van der Waals surface area contributed by atoms with Gasteiger partial charge in [0.15, 0.2) is 16.6 Å². The molecule has 0 spiro atoms. The number of hydrogen-bond donors (Lipinski definition) is 5. The lowest BCUT2D eigenvalue weighted by Gasteiger charge is -2.43. The van der Waals surface area contributed by atoms with Crippen LogP contribution in [0.1, 0.15) is 30.5 Å². The Hall–Kier alpha value is -4.99. The second kappa shape index (κ2) is 14.8. The van der Waals surface area contributed by atoms with Crippen LogP contribution in [0.15, 0.2) is 52.4 Å². The summed E-state index contributed by atoms with van der Waals surface area (Å²) in [6.45, 7) is 1.04. The summed E-state index contributed by atoms with van der Waals surface area (Å²) in [7, 11) is -4.94. The number of ketones is 1. The van der Waals surface area contributed by atoms with Crippen molar-refractivity contribution in [3.63, 3.8) is 0 Å². The maximum absolute atomic E-state index is 13.5. The van der Waals surface area contributed by atoms with Crippen LogP contribution < -0.4 is 21.5 Å². The Morgan fingerprint density at radius 3 is 2.54 bits per heavy atom. The number of carboxylic acids is 1. The van der Waals surface area contributed by atoms with Crippen molar-refractivity contribution in [2.45, 2.75) is 44.0 Å². The highest BCUT2D eigenvalue weighted by molar-refractivity contribution is 7.84. The predicted molar refractivity (Wildman–Crippen MR) is 169 cm³/mol. The van der Waals surface area contributed by atoms with Crippen LogP contribution >= 0.6 is 11.3 Å². The minimum atomic E-state index is -4.94. The Kier molecular flexibility index (Phi) is 10.6. The molecule has 3 atom stereocenters. The molecule has 256 valence electrons. The van der Waals surface area contributed by atoms with Crippen LogP contribution in [0, 0.1) is 5.92 Å². The standard InChI is InChI=1S/C27H32N10O9S2/c28-24(33-16-5-7-30-8-6-16)15-1-3-17(4-2-15)45-11-22(26(40)41)46-35-23(19-12-47-27(29)34-19)21(38)9-18-20(10-36-14-31-13-32-36)37(25(18)39)48(42,43)44/h1-4,12-14,16,18,20,22,30H,5-11H2,(H2,28,33)(H2,29,34)(H,40,41)(H,42,43,44)/b35-23-/t18-,20+,22-/m0/s1. The zero-order valence-electron chi connectivity index (χ0n) is 25.2. The number of benzene rings is 1. The summed E-state index contributed by atoms with van der Waals surface area (Å²) < 4.78 is 40.4. The van der Waals surface area contributed by atoms with Crippen LogP contribution in [0.4, 0.5) is 5.13 Å². The fraction of sp³-hybridized carbons (Fsp3) is 0.407. The number of carbonyl (C=O) groups excluding carboxylic acids is 2. The summed E-state index contributed by atoms with van der Waals surface area (Å²) in [4.78, 5) is 55.8. The minimum Gasteiger partial charge on any atom is -0.489 e. The van der Waals surface area contributed by atoms with Gasteiger partial charge >= 0.3 is 16.3 Å². The van der Waals surface area contributed by atoms with Gasteiger partial charge in [0.1, 0.15) is 36.5 Å². The summed E-state index contributed by atoms with van der Waals surface area (Å²) in [6.07, 6.45) is 1.96. The molecule has 2 aliphatic heterocycles. The molecule has 5 rings (SSSR count). The van der Waals surface area contributed by atoms with Gasteiger partial charge < -0.3 is 31.5 Å². The van der Waals surface area contributed by atoms with E-state index < -0.39 is 64.8 Å².